The topological polar surface area (TPSA) is 95.9 Å². The van der Waals surface area contributed by atoms with Crippen molar-refractivity contribution in [3.8, 4) is 11.3 Å². The number of imidazole rings is 1. The summed E-state index contributed by atoms with van der Waals surface area (Å²) < 4.78 is 15.4. The summed E-state index contributed by atoms with van der Waals surface area (Å²) in [7, 11) is 2.16. The first kappa shape index (κ1) is 20.8. The Balaban J connectivity index is 1.47. The molecule has 0 amide bonds. The highest BCUT2D eigenvalue weighted by atomic mass is 19.1. The third-order valence-electron chi connectivity index (χ3n) is 5.38. The van der Waals surface area contributed by atoms with Crippen LogP contribution in [0.5, 0.6) is 0 Å². The molecule has 4 N–H and O–H groups in total. The SMILES string of the molecule is CN1CCC(Nc2ccc3ncc(-c4ccc(NC/C(F)=C\N=CN)cc4)n3n2)CC1. The predicted octanol–water partition coefficient (Wildman–Crippen LogP) is 3.11. The molecule has 1 aromatic carbocycles. The Kier molecular flexibility index (Phi) is 6.42. The lowest BCUT2D eigenvalue weighted by molar-refractivity contribution is 0.263. The summed E-state index contributed by atoms with van der Waals surface area (Å²) in [5.74, 6) is 0.448. The van der Waals surface area contributed by atoms with Gasteiger partial charge in [-0.15, -0.1) is 5.10 Å². The Bertz CT molecular complexity index is 1060. The van der Waals surface area contributed by atoms with Crippen LogP contribution in [0.4, 0.5) is 15.9 Å². The van der Waals surface area contributed by atoms with E-state index in [1.165, 1.54) is 0 Å². The van der Waals surface area contributed by atoms with E-state index in [-0.39, 0.29) is 6.54 Å². The van der Waals surface area contributed by atoms with E-state index in [2.05, 4.69) is 32.6 Å². The van der Waals surface area contributed by atoms with Crippen LogP contribution in [-0.4, -0.2) is 58.6 Å². The molecule has 1 aliphatic heterocycles. The van der Waals surface area contributed by atoms with Gasteiger partial charge in [-0.05, 0) is 57.2 Å². The number of nitrogens with two attached hydrogens (primary N) is 1. The molecule has 0 spiro atoms. The molecule has 0 bridgehead atoms. The van der Waals surface area contributed by atoms with Crippen molar-refractivity contribution in [1.82, 2.24) is 19.5 Å². The number of piperidine rings is 1. The van der Waals surface area contributed by atoms with Gasteiger partial charge in [-0.3, -0.25) is 0 Å². The maximum Gasteiger partial charge on any atom is 0.154 e. The van der Waals surface area contributed by atoms with E-state index >= 15 is 0 Å². The van der Waals surface area contributed by atoms with Crippen molar-refractivity contribution in [1.29, 1.82) is 0 Å². The van der Waals surface area contributed by atoms with Crippen LogP contribution in [0.25, 0.3) is 16.9 Å². The highest BCUT2D eigenvalue weighted by molar-refractivity contribution is 5.66. The summed E-state index contributed by atoms with van der Waals surface area (Å²) in [6.45, 7) is 2.23. The van der Waals surface area contributed by atoms with Crippen LogP contribution in [0.1, 0.15) is 12.8 Å². The van der Waals surface area contributed by atoms with Crippen LogP contribution in [0.2, 0.25) is 0 Å². The summed E-state index contributed by atoms with van der Waals surface area (Å²) in [5, 5.41) is 11.3. The Morgan fingerprint density at radius 1 is 1.23 bits per heavy atom. The molecule has 0 radical (unpaired) electrons. The first-order chi connectivity index (χ1) is 15.1. The van der Waals surface area contributed by atoms with Gasteiger partial charge in [0, 0.05) is 17.3 Å². The van der Waals surface area contributed by atoms with Gasteiger partial charge >= 0.3 is 0 Å². The van der Waals surface area contributed by atoms with Gasteiger partial charge in [-0.1, -0.05) is 12.1 Å². The van der Waals surface area contributed by atoms with E-state index in [0.717, 1.165) is 66.9 Å². The van der Waals surface area contributed by atoms with Crippen molar-refractivity contribution < 1.29 is 4.39 Å². The van der Waals surface area contributed by atoms with Crippen molar-refractivity contribution >= 4 is 23.5 Å². The monoisotopic (exact) mass is 422 g/mol. The fourth-order valence-electron chi connectivity index (χ4n) is 3.62. The number of likely N-dealkylation sites (tertiary alicyclic amines) is 1. The normalized spacial score (nSPS) is 16.3. The minimum Gasteiger partial charge on any atom is -0.390 e. The summed E-state index contributed by atoms with van der Waals surface area (Å²) in [6.07, 6.45) is 6.17. The first-order valence-electron chi connectivity index (χ1n) is 10.3. The van der Waals surface area contributed by atoms with E-state index < -0.39 is 5.83 Å². The fraction of sp³-hybridized carbons (Fsp3) is 0.318. The van der Waals surface area contributed by atoms with E-state index in [1.54, 1.807) is 0 Å². The number of nitrogens with one attached hydrogen (secondary N) is 2. The second kappa shape index (κ2) is 9.57. The van der Waals surface area contributed by atoms with Gasteiger partial charge in [0.05, 0.1) is 31.0 Å². The lowest BCUT2D eigenvalue weighted by Crippen LogP contribution is -2.36. The van der Waals surface area contributed by atoms with Crippen molar-refractivity contribution in [3.63, 3.8) is 0 Å². The Hall–Kier alpha value is -3.46. The minimum absolute atomic E-state index is 0.0415. The molecular formula is C22H27FN8. The van der Waals surface area contributed by atoms with Gasteiger partial charge in [0.2, 0.25) is 0 Å². The Morgan fingerprint density at radius 3 is 2.74 bits per heavy atom. The molecule has 3 heterocycles. The van der Waals surface area contributed by atoms with Gasteiger partial charge in [-0.2, -0.15) is 0 Å². The molecular weight excluding hydrogens is 395 g/mol. The molecule has 9 heteroatoms. The first-order valence-corrected chi connectivity index (χ1v) is 10.3. The molecule has 0 atom stereocenters. The fourth-order valence-corrected chi connectivity index (χ4v) is 3.62. The van der Waals surface area contributed by atoms with Crippen LogP contribution in [-0.2, 0) is 0 Å². The van der Waals surface area contributed by atoms with E-state index in [1.807, 2.05) is 47.1 Å². The number of aromatic nitrogens is 3. The number of anilines is 2. The minimum atomic E-state index is -0.401. The van der Waals surface area contributed by atoms with Crippen LogP contribution in [0, 0.1) is 0 Å². The van der Waals surface area contributed by atoms with Gasteiger partial charge < -0.3 is 21.3 Å². The van der Waals surface area contributed by atoms with E-state index in [0.29, 0.717) is 6.04 Å². The molecule has 31 heavy (non-hydrogen) atoms. The zero-order valence-electron chi connectivity index (χ0n) is 17.5. The van der Waals surface area contributed by atoms with Gasteiger partial charge in [0.15, 0.2) is 5.65 Å². The van der Waals surface area contributed by atoms with E-state index in [4.69, 9.17) is 10.8 Å². The molecule has 1 fully saturated rings. The summed E-state index contributed by atoms with van der Waals surface area (Å²) in [6, 6.07) is 12.1. The number of aliphatic imine (C=N–C) groups is 1. The highest BCUT2D eigenvalue weighted by Crippen LogP contribution is 2.23. The van der Waals surface area contributed by atoms with Crippen LogP contribution in [0.3, 0.4) is 0 Å². The lowest BCUT2D eigenvalue weighted by Gasteiger charge is -2.29. The zero-order valence-corrected chi connectivity index (χ0v) is 17.5. The Labute approximate surface area is 180 Å². The van der Waals surface area contributed by atoms with Gasteiger partial charge in [-0.25, -0.2) is 18.9 Å². The molecule has 2 aromatic heterocycles. The van der Waals surface area contributed by atoms with Crippen LogP contribution >= 0.6 is 0 Å². The largest absolute Gasteiger partial charge is 0.390 e. The quantitative estimate of drug-likeness (QED) is 0.400. The maximum atomic E-state index is 13.6. The van der Waals surface area contributed by atoms with Crippen LogP contribution < -0.4 is 16.4 Å². The van der Waals surface area contributed by atoms with Gasteiger partial charge in [0.25, 0.3) is 0 Å². The number of benzene rings is 1. The second-order valence-corrected chi connectivity index (χ2v) is 7.66. The molecule has 1 saturated heterocycles. The number of fused-ring (bicyclic) bond motifs is 1. The molecule has 4 rings (SSSR count). The molecule has 1 aliphatic rings. The van der Waals surface area contributed by atoms with E-state index in [9.17, 15) is 4.39 Å². The summed E-state index contributed by atoms with van der Waals surface area (Å²) in [5.41, 5.74) is 8.58. The number of nitrogens with zero attached hydrogens (tertiary/aromatic N) is 5. The molecule has 0 unspecified atom stereocenters. The number of rotatable bonds is 7. The third kappa shape index (κ3) is 5.18. The maximum absolute atomic E-state index is 13.6. The lowest BCUT2D eigenvalue weighted by atomic mass is 10.1. The average molecular weight is 423 g/mol. The van der Waals surface area contributed by atoms with Crippen molar-refractivity contribution in [2.24, 2.45) is 10.7 Å². The summed E-state index contributed by atoms with van der Waals surface area (Å²) >= 11 is 0. The van der Waals surface area contributed by atoms with Crippen molar-refractivity contribution in [2.45, 2.75) is 18.9 Å². The second-order valence-electron chi connectivity index (χ2n) is 7.66. The molecule has 0 saturated carbocycles. The smallest absolute Gasteiger partial charge is 0.154 e. The molecule has 0 aliphatic carbocycles. The van der Waals surface area contributed by atoms with Crippen molar-refractivity contribution in [2.75, 3.05) is 37.3 Å². The predicted molar refractivity (Wildman–Crippen MR) is 123 cm³/mol. The zero-order chi connectivity index (χ0) is 21.6. The number of hydrogen-bond acceptors (Lipinski definition) is 6. The number of halogens is 1. The molecule has 3 aromatic rings. The molecule has 162 valence electrons. The van der Waals surface area contributed by atoms with Crippen molar-refractivity contribution in [3.05, 3.63) is 54.6 Å². The Morgan fingerprint density at radius 2 is 2.00 bits per heavy atom. The van der Waals surface area contributed by atoms with Crippen LogP contribution in [0.15, 0.2) is 59.6 Å². The van der Waals surface area contributed by atoms with Gasteiger partial charge in [0.1, 0.15) is 11.6 Å². The summed E-state index contributed by atoms with van der Waals surface area (Å²) in [4.78, 5) is 10.4. The highest BCUT2D eigenvalue weighted by Gasteiger charge is 2.17. The third-order valence-corrected chi connectivity index (χ3v) is 5.38. The molecule has 8 nitrogen and oxygen atoms in total. The number of hydrogen-bond donors (Lipinski definition) is 3. The standard InChI is InChI=1S/C22H27FN8/c1-30-10-8-19(9-11-30)28-21-6-7-22-27-14-20(31(22)29-21)16-2-4-18(5-3-16)26-13-17(23)12-25-15-24/h2-7,12,14-15,19,26H,8-11,13H2,1H3,(H2,24,25)(H,28,29)/b17-12+. The average Bonchev–Trinajstić information content (AvgIpc) is 3.21.